The molecule has 0 saturated carbocycles. The molecule has 0 atom stereocenters. The number of nitrogens with zero attached hydrogens (tertiary/aromatic N) is 1. The molecule has 110 valence electrons. The van der Waals surface area contributed by atoms with Gasteiger partial charge in [-0.25, -0.2) is 0 Å². The van der Waals surface area contributed by atoms with Crippen molar-refractivity contribution in [1.29, 1.82) is 5.26 Å². The lowest BCUT2D eigenvalue weighted by molar-refractivity contribution is -0.140. The summed E-state index contributed by atoms with van der Waals surface area (Å²) in [5.41, 5.74) is 0.901. The normalized spacial score (nSPS) is 10.4. The van der Waals surface area contributed by atoms with E-state index in [0.29, 0.717) is 13.1 Å². The molecule has 1 rings (SSSR count). The molecule has 0 aliphatic rings. The molecule has 6 heteroatoms. The van der Waals surface area contributed by atoms with E-state index < -0.39 is 5.91 Å². The van der Waals surface area contributed by atoms with Crippen molar-refractivity contribution in [1.82, 2.24) is 10.6 Å². The minimum absolute atomic E-state index is 0.0456. The molecule has 0 radical (unpaired) electrons. The van der Waals surface area contributed by atoms with Gasteiger partial charge in [-0.05, 0) is 5.56 Å². The smallest absolute Gasteiger partial charge is 0.307 e. The molecule has 0 aromatic heterocycles. The van der Waals surface area contributed by atoms with Gasteiger partial charge in [-0.2, -0.15) is 5.26 Å². The predicted octanol–water partition coefficient (Wildman–Crippen LogP) is 0.863. The van der Waals surface area contributed by atoms with Crippen LogP contribution in [0, 0.1) is 11.3 Å². The Morgan fingerprint density at radius 2 is 2.05 bits per heavy atom. The first kappa shape index (κ1) is 16.2. The fraction of sp³-hybridized carbons (Fsp3) is 0.267. The number of esters is 1. The van der Waals surface area contributed by atoms with Crippen LogP contribution < -0.4 is 10.6 Å². The summed E-state index contributed by atoms with van der Waals surface area (Å²) in [5.74, 6) is -0.824. The average molecular weight is 287 g/mol. The fourth-order valence-corrected chi connectivity index (χ4v) is 1.47. The Labute approximate surface area is 123 Å². The van der Waals surface area contributed by atoms with Crippen molar-refractivity contribution < 1.29 is 14.3 Å². The van der Waals surface area contributed by atoms with Gasteiger partial charge in [0, 0.05) is 19.3 Å². The van der Waals surface area contributed by atoms with E-state index >= 15 is 0 Å². The summed E-state index contributed by atoms with van der Waals surface area (Å²) in [7, 11) is 1.30. The monoisotopic (exact) mass is 287 g/mol. The topological polar surface area (TPSA) is 91.2 Å². The number of rotatable bonds is 7. The van der Waals surface area contributed by atoms with Crippen molar-refractivity contribution in [2.24, 2.45) is 0 Å². The van der Waals surface area contributed by atoms with Crippen LogP contribution in [0.25, 0.3) is 0 Å². The van der Waals surface area contributed by atoms with Gasteiger partial charge in [-0.3, -0.25) is 9.59 Å². The minimum atomic E-state index is -0.466. The first-order chi connectivity index (χ1) is 10.2. The van der Waals surface area contributed by atoms with E-state index in [2.05, 4.69) is 15.4 Å². The molecule has 0 spiro atoms. The Morgan fingerprint density at radius 3 is 2.67 bits per heavy atom. The molecule has 1 aromatic carbocycles. The van der Waals surface area contributed by atoms with Gasteiger partial charge in [0.2, 0.25) is 0 Å². The van der Waals surface area contributed by atoms with E-state index in [0.717, 1.165) is 5.56 Å². The van der Waals surface area contributed by atoms with Gasteiger partial charge < -0.3 is 15.4 Å². The van der Waals surface area contributed by atoms with Crippen molar-refractivity contribution >= 4 is 11.9 Å². The number of hydrogen-bond acceptors (Lipinski definition) is 5. The molecule has 0 aliphatic carbocycles. The van der Waals surface area contributed by atoms with Crippen molar-refractivity contribution in [3.63, 3.8) is 0 Å². The number of benzene rings is 1. The van der Waals surface area contributed by atoms with Crippen LogP contribution in [0.1, 0.15) is 12.0 Å². The summed E-state index contributed by atoms with van der Waals surface area (Å²) in [6, 6.07) is 11.2. The summed E-state index contributed by atoms with van der Waals surface area (Å²) in [6.07, 6.45) is 1.46. The second-order valence-electron chi connectivity index (χ2n) is 4.12. The fourth-order valence-electron chi connectivity index (χ4n) is 1.47. The standard InChI is InChI=1S/C15H17N3O3/c1-21-14(19)7-8-17-11-13(9-16)15(20)18-10-12-5-3-2-4-6-12/h2-6,11,17H,7-8,10H2,1H3,(H,18,20)/b13-11-. The average Bonchev–Trinajstić information content (AvgIpc) is 2.53. The predicted molar refractivity (Wildman–Crippen MR) is 76.6 cm³/mol. The van der Waals surface area contributed by atoms with Gasteiger partial charge in [0.25, 0.3) is 5.91 Å². The molecule has 0 aliphatic heterocycles. The Morgan fingerprint density at radius 1 is 1.33 bits per heavy atom. The number of nitrogens with one attached hydrogen (secondary N) is 2. The molecule has 21 heavy (non-hydrogen) atoms. The van der Waals surface area contributed by atoms with E-state index in [1.165, 1.54) is 13.3 Å². The van der Waals surface area contributed by atoms with Crippen molar-refractivity contribution in [3.8, 4) is 6.07 Å². The van der Waals surface area contributed by atoms with Crippen LogP contribution in [-0.4, -0.2) is 25.5 Å². The molecular formula is C15H17N3O3. The summed E-state index contributed by atoms with van der Waals surface area (Å²) in [6.45, 7) is 0.644. The molecule has 0 saturated heterocycles. The zero-order chi connectivity index (χ0) is 15.5. The van der Waals surface area contributed by atoms with Crippen molar-refractivity contribution in [2.75, 3.05) is 13.7 Å². The maximum atomic E-state index is 11.8. The molecule has 0 unspecified atom stereocenters. The van der Waals surface area contributed by atoms with E-state index in [-0.39, 0.29) is 18.0 Å². The summed E-state index contributed by atoms with van der Waals surface area (Å²) in [5, 5.41) is 14.3. The van der Waals surface area contributed by atoms with Crippen molar-refractivity contribution in [3.05, 3.63) is 47.7 Å². The lowest BCUT2D eigenvalue weighted by atomic mass is 10.2. The SMILES string of the molecule is COC(=O)CCN/C=C(/C#N)C(=O)NCc1ccccc1. The van der Waals surface area contributed by atoms with Crippen LogP contribution in [0.5, 0.6) is 0 Å². The summed E-state index contributed by atoms with van der Waals surface area (Å²) >= 11 is 0. The highest BCUT2D eigenvalue weighted by Crippen LogP contribution is 1.98. The lowest BCUT2D eigenvalue weighted by Gasteiger charge is -2.05. The third kappa shape index (κ3) is 6.25. The second-order valence-corrected chi connectivity index (χ2v) is 4.12. The molecule has 0 heterocycles. The largest absolute Gasteiger partial charge is 0.469 e. The number of carbonyl (C=O) groups is 2. The van der Waals surface area contributed by atoms with Crippen molar-refractivity contribution in [2.45, 2.75) is 13.0 Å². The Balaban J connectivity index is 2.42. The third-order valence-corrected chi connectivity index (χ3v) is 2.61. The number of hydrogen-bond donors (Lipinski definition) is 2. The van der Waals surface area contributed by atoms with E-state index in [9.17, 15) is 9.59 Å². The maximum absolute atomic E-state index is 11.8. The highest BCUT2D eigenvalue weighted by Gasteiger charge is 2.08. The highest BCUT2D eigenvalue weighted by atomic mass is 16.5. The Hall–Kier alpha value is -2.81. The zero-order valence-corrected chi connectivity index (χ0v) is 11.8. The number of nitriles is 1. The van der Waals surface area contributed by atoms with Gasteiger partial charge in [-0.15, -0.1) is 0 Å². The van der Waals surface area contributed by atoms with Crippen LogP contribution >= 0.6 is 0 Å². The van der Waals surface area contributed by atoms with Crippen LogP contribution in [0.3, 0.4) is 0 Å². The number of ether oxygens (including phenoxy) is 1. The molecule has 1 aromatic rings. The van der Waals surface area contributed by atoms with E-state index in [1.54, 1.807) is 0 Å². The Kier molecular flexibility index (Phi) is 7.08. The molecule has 6 nitrogen and oxygen atoms in total. The van der Waals surface area contributed by atoms with Crippen LogP contribution in [0.4, 0.5) is 0 Å². The highest BCUT2D eigenvalue weighted by molar-refractivity contribution is 5.97. The third-order valence-electron chi connectivity index (χ3n) is 2.61. The molecular weight excluding hydrogens is 270 g/mol. The maximum Gasteiger partial charge on any atom is 0.307 e. The van der Waals surface area contributed by atoms with E-state index in [4.69, 9.17) is 5.26 Å². The second kappa shape index (κ2) is 9.15. The minimum Gasteiger partial charge on any atom is -0.469 e. The summed E-state index contributed by atoms with van der Waals surface area (Å²) < 4.78 is 4.47. The van der Waals surface area contributed by atoms with Crippen LogP contribution in [-0.2, 0) is 20.9 Å². The molecule has 0 fully saturated rings. The van der Waals surface area contributed by atoms with Gasteiger partial charge in [0.05, 0.1) is 13.5 Å². The van der Waals surface area contributed by atoms with Crippen LogP contribution in [0.2, 0.25) is 0 Å². The van der Waals surface area contributed by atoms with Crippen LogP contribution in [0.15, 0.2) is 42.1 Å². The molecule has 1 amide bonds. The van der Waals surface area contributed by atoms with Gasteiger partial charge in [0.15, 0.2) is 0 Å². The first-order valence-electron chi connectivity index (χ1n) is 6.40. The van der Waals surface area contributed by atoms with E-state index in [1.807, 2.05) is 36.4 Å². The number of carbonyl (C=O) groups excluding carboxylic acids is 2. The van der Waals surface area contributed by atoms with Gasteiger partial charge in [-0.1, -0.05) is 30.3 Å². The zero-order valence-electron chi connectivity index (χ0n) is 11.8. The molecule has 2 N–H and O–H groups in total. The first-order valence-corrected chi connectivity index (χ1v) is 6.40. The summed E-state index contributed by atoms with van der Waals surface area (Å²) in [4.78, 5) is 22.7. The quantitative estimate of drug-likeness (QED) is 0.336. The lowest BCUT2D eigenvalue weighted by Crippen LogP contribution is -2.25. The Bertz CT molecular complexity index is 547. The van der Waals surface area contributed by atoms with Gasteiger partial charge in [0.1, 0.15) is 11.6 Å². The number of methoxy groups -OCH3 is 1. The van der Waals surface area contributed by atoms with Gasteiger partial charge >= 0.3 is 5.97 Å². The molecule has 0 bridgehead atoms. The number of amides is 1.